The zero-order valence-electron chi connectivity index (χ0n) is 14.5. The van der Waals surface area contributed by atoms with E-state index in [4.69, 9.17) is 0 Å². The van der Waals surface area contributed by atoms with E-state index in [1.165, 1.54) is 11.8 Å². The molecular formula is C17H20N6OS. The molecule has 130 valence electrons. The molecule has 1 amide bonds. The molecule has 0 aromatic carbocycles. The summed E-state index contributed by atoms with van der Waals surface area (Å²) in [5, 5.41) is 11.8. The number of hydrogen-bond donors (Lipinski definition) is 1. The number of carbonyl (C=O) groups is 1. The molecule has 0 radical (unpaired) electrons. The number of aryl methyl sites for hydroxylation is 2. The molecule has 0 bridgehead atoms. The summed E-state index contributed by atoms with van der Waals surface area (Å²) in [5.41, 5.74) is 3.69. The zero-order valence-corrected chi connectivity index (χ0v) is 15.3. The maximum absolute atomic E-state index is 12.2. The molecule has 3 aromatic rings. The Bertz CT molecular complexity index is 884. The van der Waals surface area contributed by atoms with Gasteiger partial charge in [0.1, 0.15) is 0 Å². The van der Waals surface area contributed by atoms with Gasteiger partial charge in [-0.3, -0.25) is 9.20 Å². The molecule has 0 saturated carbocycles. The molecule has 0 saturated heterocycles. The van der Waals surface area contributed by atoms with Crippen LogP contribution in [0, 0.1) is 13.8 Å². The van der Waals surface area contributed by atoms with E-state index in [0.29, 0.717) is 25.2 Å². The van der Waals surface area contributed by atoms with E-state index < -0.39 is 0 Å². The van der Waals surface area contributed by atoms with Crippen molar-refractivity contribution in [2.45, 2.75) is 38.4 Å². The molecule has 0 aliphatic heterocycles. The van der Waals surface area contributed by atoms with Crippen molar-refractivity contribution in [2.24, 2.45) is 0 Å². The van der Waals surface area contributed by atoms with Gasteiger partial charge in [0.05, 0.1) is 6.54 Å². The van der Waals surface area contributed by atoms with Crippen LogP contribution in [0.4, 0.5) is 0 Å². The first kappa shape index (κ1) is 17.3. The molecule has 0 fully saturated rings. The zero-order chi connectivity index (χ0) is 17.8. The first-order valence-electron chi connectivity index (χ1n) is 8.02. The second-order valence-electron chi connectivity index (χ2n) is 5.68. The highest BCUT2D eigenvalue weighted by molar-refractivity contribution is 7.98. The lowest BCUT2D eigenvalue weighted by atomic mass is 10.1. The number of nitrogens with zero attached hydrogens (tertiary/aromatic N) is 5. The van der Waals surface area contributed by atoms with Crippen LogP contribution in [0.1, 0.15) is 29.2 Å². The highest BCUT2D eigenvalue weighted by Crippen LogP contribution is 2.17. The summed E-state index contributed by atoms with van der Waals surface area (Å²) in [5.74, 6) is 0.685. The number of aromatic nitrogens is 5. The SMILES string of the molecule is CSc1nc(C)c(CCC(=O)NCc2nnc3ccccn23)c(C)n1. The lowest BCUT2D eigenvalue weighted by Gasteiger charge is -2.10. The highest BCUT2D eigenvalue weighted by atomic mass is 32.2. The Morgan fingerprint density at radius 2 is 1.96 bits per heavy atom. The number of thioether (sulfide) groups is 1. The number of pyridine rings is 1. The van der Waals surface area contributed by atoms with Gasteiger partial charge in [-0.25, -0.2) is 9.97 Å². The standard InChI is InChI=1S/C17H20N6OS/c1-11-13(12(2)20-17(19-11)25-3)7-8-16(24)18-10-15-22-21-14-6-4-5-9-23(14)15/h4-6,9H,7-8,10H2,1-3H3,(H,18,24). The number of hydrogen-bond acceptors (Lipinski definition) is 6. The third kappa shape index (κ3) is 3.96. The molecule has 0 spiro atoms. The number of fused-ring (bicyclic) bond motifs is 1. The van der Waals surface area contributed by atoms with Crippen LogP contribution >= 0.6 is 11.8 Å². The van der Waals surface area contributed by atoms with E-state index in [1.807, 2.05) is 48.9 Å². The molecule has 0 atom stereocenters. The molecule has 0 unspecified atom stereocenters. The van der Waals surface area contributed by atoms with Crippen LogP contribution in [0.2, 0.25) is 0 Å². The Hall–Kier alpha value is -2.48. The molecule has 0 aliphatic rings. The van der Waals surface area contributed by atoms with Crippen LogP contribution in [-0.4, -0.2) is 36.7 Å². The number of nitrogens with one attached hydrogen (secondary N) is 1. The van der Waals surface area contributed by atoms with Crippen molar-refractivity contribution < 1.29 is 4.79 Å². The molecule has 3 aromatic heterocycles. The molecule has 7 nitrogen and oxygen atoms in total. The first-order chi connectivity index (χ1) is 12.1. The van der Waals surface area contributed by atoms with Crippen LogP contribution in [0.15, 0.2) is 29.6 Å². The summed E-state index contributed by atoms with van der Waals surface area (Å²) in [7, 11) is 0. The normalized spacial score (nSPS) is 11.0. The van der Waals surface area contributed by atoms with Gasteiger partial charge < -0.3 is 5.32 Å². The number of rotatable bonds is 6. The fourth-order valence-corrected chi connectivity index (χ4v) is 3.13. The van der Waals surface area contributed by atoms with E-state index in [-0.39, 0.29) is 5.91 Å². The van der Waals surface area contributed by atoms with Gasteiger partial charge in [-0.05, 0) is 44.2 Å². The third-order valence-electron chi connectivity index (χ3n) is 4.01. The van der Waals surface area contributed by atoms with E-state index in [1.54, 1.807) is 0 Å². The van der Waals surface area contributed by atoms with Crippen molar-refractivity contribution in [3.63, 3.8) is 0 Å². The molecule has 3 heterocycles. The van der Waals surface area contributed by atoms with Crippen LogP contribution in [0.25, 0.3) is 5.65 Å². The maximum Gasteiger partial charge on any atom is 0.220 e. The molecule has 1 N–H and O–H groups in total. The molecule has 0 aliphatic carbocycles. The summed E-state index contributed by atoms with van der Waals surface area (Å²) in [4.78, 5) is 21.1. The van der Waals surface area contributed by atoms with Crippen molar-refractivity contribution in [3.05, 3.63) is 47.2 Å². The summed E-state index contributed by atoms with van der Waals surface area (Å²) >= 11 is 1.52. The van der Waals surface area contributed by atoms with Gasteiger partial charge in [-0.15, -0.1) is 10.2 Å². The summed E-state index contributed by atoms with van der Waals surface area (Å²) in [6.07, 6.45) is 4.85. The monoisotopic (exact) mass is 356 g/mol. The van der Waals surface area contributed by atoms with E-state index >= 15 is 0 Å². The Morgan fingerprint density at radius 3 is 2.68 bits per heavy atom. The minimum absolute atomic E-state index is 0.0274. The second-order valence-corrected chi connectivity index (χ2v) is 6.45. The van der Waals surface area contributed by atoms with E-state index in [0.717, 1.165) is 27.8 Å². The van der Waals surface area contributed by atoms with Crippen LogP contribution in [0.5, 0.6) is 0 Å². The van der Waals surface area contributed by atoms with Gasteiger partial charge in [-0.1, -0.05) is 17.8 Å². The van der Waals surface area contributed by atoms with Gasteiger partial charge in [0.2, 0.25) is 5.91 Å². The van der Waals surface area contributed by atoms with E-state index in [2.05, 4.69) is 25.5 Å². The topological polar surface area (TPSA) is 85.1 Å². The van der Waals surface area contributed by atoms with Crippen molar-refractivity contribution in [1.82, 2.24) is 29.9 Å². The highest BCUT2D eigenvalue weighted by Gasteiger charge is 2.11. The van der Waals surface area contributed by atoms with Crippen LogP contribution in [0.3, 0.4) is 0 Å². The lowest BCUT2D eigenvalue weighted by molar-refractivity contribution is -0.121. The largest absolute Gasteiger partial charge is 0.349 e. The third-order valence-corrected chi connectivity index (χ3v) is 4.56. The van der Waals surface area contributed by atoms with Gasteiger partial charge in [-0.2, -0.15) is 0 Å². The average Bonchev–Trinajstić information content (AvgIpc) is 3.02. The average molecular weight is 356 g/mol. The van der Waals surface area contributed by atoms with Gasteiger partial charge >= 0.3 is 0 Å². The van der Waals surface area contributed by atoms with E-state index in [9.17, 15) is 4.79 Å². The Labute approximate surface area is 150 Å². The maximum atomic E-state index is 12.2. The minimum Gasteiger partial charge on any atom is -0.349 e. The number of carbonyl (C=O) groups excluding carboxylic acids is 1. The Kier molecular flexibility index (Phi) is 5.28. The predicted octanol–water partition coefficient (Wildman–Crippen LogP) is 2.11. The first-order valence-corrected chi connectivity index (χ1v) is 9.24. The minimum atomic E-state index is -0.0274. The van der Waals surface area contributed by atoms with Crippen molar-refractivity contribution >= 4 is 23.3 Å². The van der Waals surface area contributed by atoms with Gasteiger partial charge in [0.25, 0.3) is 0 Å². The van der Waals surface area contributed by atoms with Gasteiger partial charge in [0.15, 0.2) is 16.6 Å². The summed E-state index contributed by atoms with van der Waals surface area (Å²) < 4.78 is 1.86. The molecule has 25 heavy (non-hydrogen) atoms. The molecule has 3 rings (SSSR count). The number of amides is 1. The smallest absolute Gasteiger partial charge is 0.220 e. The summed E-state index contributed by atoms with van der Waals surface area (Å²) in [6, 6.07) is 5.69. The van der Waals surface area contributed by atoms with Crippen LogP contribution in [-0.2, 0) is 17.8 Å². The lowest BCUT2D eigenvalue weighted by Crippen LogP contribution is -2.24. The molecule has 8 heteroatoms. The van der Waals surface area contributed by atoms with Crippen molar-refractivity contribution in [1.29, 1.82) is 0 Å². The predicted molar refractivity (Wildman–Crippen MR) is 96.4 cm³/mol. The fraction of sp³-hybridized carbons (Fsp3) is 0.353. The Balaban J connectivity index is 1.58. The van der Waals surface area contributed by atoms with Crippen molar-refractivity contribution in [3.8, 4) is 0 Å². The summed E-state index contributed by atoms with van der Waals surface area (Å²) in [6.45, 7) is 4.28. The quantitative estimate of drug-likeness (QED) is 0.538. The van der Waals surface area contributed by atoms with Gasteiger partial charge in [0, 0.05) is 24.0 Å². The second kappa shape index (κ2) is 7.60. The Morgan fingerprint density at radius 1 is 1.20 bits per heavy atom. The fourth-order valence-electron chi connectivity index (χ4n) is 2.68. The molecular weight excluding hydrogens is 336 g/mol. The van der Waals surface area contributed by atoms with Crippen LogP contribution < -0.4 is 5.32 Å². The van der Waals surface area contributed by atoms with Crippen molar-refractivity contribution in [2.75, 3.05) is 6.26 Å².